The summed E-state index contributed by atoms with van der Waals surface area (Å²) in [5, 5.41) is 0. The molecule has 2 aromatic rings. The van der Waals surface area contributed by atoms with E-state index in [2.05, 4.69) is 26.9 Å². The van der Waals surface area contributed by atoms with Crippen LogP contribution in [0.1, 0.15) is 11.1 Å². The van der Waals surface area contributed by atoms with Gasteiger partial charge in [0.15, 0.2) is 0 Å². The molecule has 0 spiro atoms. The third-order valence-corrected chi connectivity index (χ3v) is 5.09. The molecule has 1 aromatic carbocycles. The van der Waals surface area contributed by atoms with Crippen LogP contribution >= 0.6 is 0 Å². The predicted octanol–water partition coefficient (Wildman–Crippen LogP) is 2.78. The highest BCUT2D eigenvalue weighted by Crippen LogP contribution is 2.32. The van der Waals surface area contributed by atoms with Gasteiger partial charge in [-0.25, -0.2) is 4.39 Å². The number of hydrogen-bond donors (Lipinski definition) is 0. The zero-order valence-electron chi connectivity index (χ0n) is 13.2. The monoisotopic (exact) mass is 311 g/mol. The Hall–Kier alpha value is -1.78. The Morgan fingerprint density at radius 3 is 2.09 bits per heavy atom. The van der Waals surface area contributed by atoms with Gasteiger partial charge in [0.2, 0.25) is 0 Å². The van der Waals surface area contributed by atoms with Crippen LogP contribution in [0.5, 0.6) is 0 Å². The minimum absolute atomic E-state index is 0.134. The van der Waals surface area contributed by atoms with Crippen molar-refractivity contribution in [3.8, 4) is 0 Å². The van der Waals surface area contributed by atoms with E-state index in [0.29, 0.717) is 0 Å². The Morgan fingerprint density at radius 2 is 1.48 bits per heavy atom. The molecule has 0 N–H and O–H groups in total. The van der Waals surface area contributed by atoms with Crippen molar-refractivity contribution < 1.29 is 4.39 Å². The van der Waals surface area contributed by atoms with Gasteiger partial charge in [-0.3, -0.25) is 14.8 Å². The lowest BCUT2D eigenvalue weighted by Gasteiger charge is -2.21. The van der Waals surface area contributed by atoms with Gasteiger partial charge < -0.3 is 0 Å². The Balaban J connectivity index is 1.31. The second-order valence-corrected chi connectivity index (χ2v) is 6.89. The molecule has 0 radical (unpaired) electrons. The Morgan fingerprint density at radius 1 is 0.870 bits per heavy atom. The van der Waals surface area contributed by atoms with E-state index in [4.69, 9.17) is 0 Å². The van der Waals surface area contributed by atoms with Gasteiger partial charge in [0.05, 0.1) is 0 Å². The second kappa shape index (κ2) is 6.38. The average molecular weight is 311 g/mol. The summed E-state index contributed by atoms with van der Waals surface area (Å²) in [6, 6.07) is 11.2. The van der Waals surface area contributed by atoms with Gasteiger partial charge in [-0.15, -0.1) is 0 Å². The van der Waals surface area contributed by atoms with Gasteiger partial charge >= 0.3 is 0 Å². The molecule has 23 heavy (non-hydrogen) atoms. The van der Waals surface area contributed by atoms with E-state index < -0.39 is 0 Å². The van der Waals surface area contributed by atoms with Crippen LogP contribution in [0.2, 0.25) is 0 Å². The van der Waals surface area contributed by atoms with Gasteiger partial charge in [-0.2, -0.15) is 0 Å². The summed E-state index contributed by atoms with van der Waals surface area (Å²) in [4.78, 5) is 9.12. The molecule has 2 aliphatic heterocycles. The average Bonchev–Trinajstić information content (AvgIpc) is 3.06. The molecular formula is C19H22FN3. The lowest BCUT2D eigenvalue weighted by Crippen LogP contribution is -2.28. The molecule has 120 valence electrons. The summed E-state index contributed by atoms with van der Waals surface area (Å²) in [6.45, 7) is 6.51. The van der Waals surface area contributed by atoms with Crippen molar-refractivity contribution in [1.29, 1.82) is 0 Å². The summed E-state index contributed by atoms with van der Waals surface area (Å²) in [6.07, 6.45) is 3.74. The summed E-state index contributed by atoms with van der Waals surface area (Å²) in [5.41, 5.74) is 2.43. The maximum Gasteiger partial charge on any atom is 0.123 e. The third-order valence-electron chi connectivity index (χ3n) is 5.09. The van der Waals surface area contributed by atoms with Crippen molar-refractivity contribution in [2.45, 2.75) is 13.1 Å². The van der Waals surface area contributed by atoms with Crippen molar-refractivity contribution in [2.75, 3.05) is 26.2 Å². The molecule has 4 heteroatoms. The second-order valence-electron chi connectivity index (χ2n) is 6.89. The molecular weight excluding hydrogens is 289 g/mol. The van der Waals surface area contributed by atoms with Gasteiger partial charge in [0, 0.05) is 51.7 Å². The van der Waals surface area contributed by atoms with Crippen molar-refractivity contribution in [1.82, 2.24) is 14.8 Å². The minimum Gasteiger partial charge on any atom is -0.298 e. The molecule has 2 aliphatic rings. The largest absolute Gasteiger partial charge is 0.298 e. The molecule has 2 fully saturated rings. The van der Waals surface area contributed by atoms with Gasteiger partial charge in [0.25, 0.3) is 0 Å². The fraction of sp³-hybridized carbons (Fsp3) is 0.421. The van der Waals surface area contributed by atoms with Gasteiger partial charge in [-0.1, -0.05) is 12.1 Å². The zero-order valence-corrected chi connectivity index (χ0v) is 13.2. The van der Waals surface area contributed by atoms with Gasteiger partial charge in [-0.05, 0) is 47.2 Å². The molecule has 3 heterocycles. The number of fused-ring (bicyclic) bond motifs is 1. The smallest absolute Gasteiger partial charge is 0.123 e. The van der Waals surface area contributed by atoms with Crippen LogP contribution in [-0.4, -0.2) is 41.0 Å². The van der Waals surface area contributed by atoms with Crippen LogP contribution in [0, 0.1) is 17.7 Å². The first-order valence-corrected chi connectivity index (χ1v) is 8.34. The standard InChI is InChI=1S/C19H22FN3/c20-19-3-1-2-16(8-19)10-23-13-17-11-22(12-18(17)14-23)9-15-4-6-21-7-5-15/h1-8,17-18H,9-14H2. The third kappa shape index (κ3) is 3.43. The first-order chi connectivity index (χ1) is 11.3. The Labute approximate surface area is 136 Å². The van der Waals surface area contributed by atoms with Crippen LogP contribution in [0.3, 0.4) is 0 Å². The van der Waals surface area contributed by atoms with Crippen LogP contribution < -0.4 is 0 Å². The summed E-state index contributed by atoms with van der Waals surface area (Å²) < 4.78 is 13.3. The molecule has 2 unspecified atom stereocenters. The van der Waals surface area contributed by atoms with E-state index in [0.717, 1.165) is 43.6 Å². The molecule has 2 saturated heterocycles. The normalized spacial score (nSPS) is 24.9. The Kier molecular flexibility index (Phi) is 4.10. The summed E-state index contributed by atoms with van der Waals surface area (Å²) >= 11 is 0. The quantitative estimate of drug-likeness (QED) is 0.865. The fourth-order valence-corrected chi connectivity index (χ4v) is 4.09. The fourth-order valence-electron chi connectivity index (χ4n) is 4.09. The molecule has 2 atom stereocenters. The topological polar surface area (TPSA) is 19.4 Å². The summed E-state index contributed by atoms with van der Waals surface area (Å²) in [5.74, 6) is 1.38. The molecule has 0 amide bonds. The number of halogens is 1. The number of benzene rings is 1. The number of hydrogen-bond acceptors (Lipinski definition) is 3. The first kappa shape index (κ1) is 14.8. The van der Waals surface area contributed by atoms with Crippen LogP contribution in [0.4, 0.5) is 4.39 Å². The van der Waals surface area contributed by atoms with E-state index >= 15 is 0 Å². The molecule has 4 rings (SSSR count). The van der Waals surface area contributed by atoms with Crippen molar-refractivity contribution in [3.05, 3.63) is 65.7 Å². The maximum absolute atomic E-state index is 13.3. The maximum atomic E-state index is 13.3. The highest BCUT2D eigenvalue weighted by molar-refractivity contribution is 5.16. The van der Waals surface area contributed by atoms with E-state index in [1.54, 1.807) is 12.1 Å². The van der Waals surface area contributed by atoms with Gasteiger partial charge in [0.1, 0.15) is 5.82 Å². The molecule has 3 nitrogen and oxygen atoms in total. The van der Waals surface area contributed by atoms with Crippen molar-refractivity contribution in [2.24, 2.45) is 11.8 Å². The number of nitrogens with zero attached hydrogens (tertiary/aromatic N) is 3. The van der Waals surface area contributed by atoms with Crippen LogP contribution in [0.15, 0.2) is 48.8 Å². The predicted molar refractivity (Wildman–Crippen MR) is 88.2 cm³/mol. The first-order valence-electron chi connectivity index (χ1n) is 8.34. The lowest BCUT2D eigenvalue weighted by molar-refractivity contribution is 0.246. The highest BCUT2D eigenvalue weighted by atomic mass is 19.1. The van der Waals surface area contributed by atoms with Crippen molar-refractivity contribution in [3.63, 3.8) is 0 Å². The molecule has 0 saturated carbocycles. The zero-order chi connectivity index (χ0) is 15.6. The molecule has 0 bridgehead atoms. The van der Waals surface area contributed by atoms with Crippen molar-refractivity contribution >= 4 is 0 Å². The lowest BCUT2D eigenvalue weighted by atomic mass is 10.0. The Bertz CT molecular complexity index is 647. The number of pyridine rings is 1. The summed E-state index contributed by atoms with van der Waals surface area (Å²) in [7, 11) is 0. The number of likely N-dealkylation sites (tertiary alicyclic amines) is 2. The number of aromatic nitrogens is 1. The van der Waals surface area contributed by atoms with E-state index in [9.17, 15) is 4.39 Å². The number of rotatable bonds is 4. The van der Waals surface area contributed by atoms with Crippen LogP contribution in [-0.2, 0) is 13.1 Å². The minimum atomic E-state index is -0.134. The SMILES string of the molecule is Fc1cccc(CN2CC3CN(Cc4ccncc4)CC3C2)c1. The van der Waals surface area contributed by atoms with E-state index in [1.165, 1.54) is 24.7 Å². The van der Waals surface area contributed by atoms with E-state index in [-0.39, 0.29) is 5.82 Å². The van der Waals surface area contributed by atoms with E-state index in [1.807, 2.05) is 18.5 Å². The highest BCUT2D eigenvalue weighted by Gasteiger charge is 2.39. The van der Waals surface area contributed by atoms with Crippen LogP contribution in [0.25, 0.3) is 0 Å². The molecule has 1 aromatic heterocycles. The molecule has 0 aliphatic carbocycles.